The number of nitrogens with zero attached hydrogens (tertiary/aromatic N) is 1. The van der Waals surface area contributed by atoms with Crippen molar-refractivity contribution in [3.05, 3.63) is 10.5 Å². The molecule has 6 aliphatic rings. The van der Waals surface area contributed by atoms with Gasteiger partial charge in [0.1, 0.15) is 0 Å². The SMILES string of the molecule is CN1C(=O)C2CSC(=C3C4CC5CC(C4)CC3C5)C2C1=O. The van der Waals surface area contributed by atoms with Crippen molar-refractivity contribution in [2.75, 3.05) is 12.8 Å². The van der Waals surface area contributed by atoms with E-state index in [4.69, 9.17) is 0 Å². The number of hydrogen-bond donors (Lipinski definition) is 0. The van der Waals surface area contributed by atoms with Crippen LogP contribution >= 0.6 is 11.8 Å². The number of carbonyl (C=O) groups excluding carboxylic acids is 2. The molecule has 4 heteroatoms. The van der Waals surface area contributed by atoms with Gasteiger partial charge < -0.3 is 0 Å². The van der Waals surface area contributed by atoms with Crippen LogP contribution in [-0.4, -0.2) is 29.5 Å². The quantitative estimate of drug-likeness (QED) is 0.646. The predicted octanol–water partition coefficient (Wildman–Crippen LogP) is 2.67. The van der Waals surface area contributed by atoms with Gasteiger partial charge in [-0.1, -0.05) is 5.57 Å². The lowest BCUT2D eigenvalue weighted by atomic mass is 9.54. The second-order valence-corrected chi connectivity index (χ2v) is 8.82. The summed E-state index contributed by atoms with van der Waals surface area (Å²) in [7, 11) is 1.66. The number of fused-ring (bicyclic) bond motifs is 1. The summed E-state index contributed by atoms with van der Waals surface area (Å²) in [6, 6.07) is 0. The summed E-state index contributed by atoms with van der Waals surface area (Å²) in [5.74, 6) is 4.12. The minimum Gasteiger partial charge on any atom is -0.285 e. The lowest BCUT2D eigenvalue weighted by Crippen LogP contribution is -2.41. The van der Waals surface area contributed by atoms with Crippen LogP contribution in [0.1, 0.15) is 32.1 Å². The Kier molecular flexibility index (Phi) is 2.52. The summed E-state index contributed by atoms with van der Waals surface area (Å²) in [5.41, 5.74) is 1.62. The molecule has 0 N–H and O–H groups in total. The van der Waals surface area contributed by atoms with Crippen LogP contribution in [0.4, 0.5) is 0 Å². The molecular weight excluding hydrogens is 282 g/mol. The van der Waals surface area contributed by atoms with Crippen molar-refractivity contribution in [3.8, 4) is 0 Å². The van der Waals surface area contributed by atoms with E-state index in [0.29, 0.717) is 0 Å². The first-order valence-corrected chi connectivity index (χ1v) is 9.30. The van der Waals surface area contributed by atoms with Gasteiger partial charge in [0.05, 0.1) is 11.8 Å². The van der Waals surface area contributed by atoms with Gasteiger partial charge in [-0.2, -0.15) is 0 Å². The minimum atomic E-state index is -0.111. The summed E-state index contributed by atoms with van der Waals surface area (Å²) < 4.78 is 0. The fourth-order valence-electron chi connectivity index (χ4n) is 5.97. The highest BCUT2D eigenvalue weighted by Crippen LogP contribution is 2.60. The van der Waals surface area contributed by atoms with Crippen molar-refractivity contribution >= 4 is 23.6 Å². The minimum absolute atomic E-state index is 0.0527. The topological polar surface area (TPSA) is 37.4 Å². The predicted molar refractivity (Wildman–Crippen MR) is 81.3 cm³/mol. The molecule has 0 spiro atoms. The largest absolute Gasteiger partial charge is 0.285 e. The lowest BCUT2D eigenvalue weighted by Gasteiger charge is -2.52. The van der Waals surface area contributed by atoms with Crippen LogP contribution in [0.5, 0.6) is 0 Å². The number of thioether (sulfide) groups is 1. The highest BCUT2D eigenvalue weighted by atomic mass is 32.2. The number of carbonyl (C=O) groups is 2. The van der Waals surface area contributed by atoms with Gasteiger partial charge in [0.15, 0.2) is 0 Å². The molecule has 2 heterocycles. The van der Waals surface area contributed by atoms with Gasteiger partial charge in [-0.15, -0.1) is 11.8 Å². The van der Waals surface area contributed by atoms with Crippen LogP contribution in [0.2, 0.25) is 0 Å². The van der Waals surface area contributed by atoms with Crippen LogP contribution in [0.15, 0.2) is 10.5 Å². The number of rotatable bonds is 0. The summed E-state index contributed by atoms with van der Waals surface area (Å²) in [5, 5.41) is 0. The third-order valence-electron chi connectivity index (χ3n) is 6.65. The van der Waals surface area contributed by atoms with Crippen molar-refractivity contribution in [2.24, 2.45) is 35.5 Å². The molecule has 4 bridgehead atoms. The van der Waals surface area contributed by atoms with E-state index in [9.17, 15) is 9.59 Å². The van der Waals surface area contributed by atoms with Crippen LogP contribution < -0.4 is 0 Å². The summed E-state index contributed by atoms with van der Waals surface area (Å²) in [6.45, 7) is 0. The first-order chi connectivity index (χ1) is 10.1. The van der Waals surface area contributed by atoms with E-state index < -0.39 is 0 Å². The highest BCUT2D eigenvalue weighted by Gasteiger charge is 2.55. The Morgan fingerprint density at radius 1 is 0.952 bits per heavy atom. The van der Waals surface area contributed by atoms with Gasteiger partial charge in [0, 0.05) is 12.8 Å². The Hall–Kier alpha value is -0.770. The van der Waals surface area contributed by atoms with E-state index in [1.807, 2.05) is 11.8 Å². The lowest BCUT2D eigenvalue weighted by molar-refractivity contribution is -0.137. The second kappa shape index (κ2) is 4.15. The molecular formula is C17H21NO2S. The summed E-state index contributed by atoms with van der Waals surface area (Å²) in [4.78, 5) is 27.4. The Labute approximate surface area is 129 Å². The van der Waals surface area contributed by atoms with Crippen molar-refractivity contribution in [1.29, 1.82) is 0 Å². The van der Waals surface area contributed by atoms with Gasteiger partial charge in [0.25, 0.3) is 0 Å². The normalized spacial score (nSPS) is 47.8. The molecule has 2 atom stereocenters. The average molecular weight is 303 g/mol. The van der Waals surface area contributed by atoms with Crippen LogP contribution in [-0.2, 0) is 9.59 Å². The fourth-order valence-corrected chi connectivity index (χ4v) is 7.61. The fraction of sp³-hybridized carbons (Fsp3) is 0.765. The standard InChI is InChI=1S/C17H21NO2S/c1-18-16(19)12-7-21-15(14(12)17(18)20)13-10-3-8-2-9(5-10)6-11(13)4-8/h8-12,14H,2-7H2,1H3. The average Bonchev–Trinajstić information content (AvgIpc) is 2.96. The molecule has 2 unspecified atom stereocenters. The molecule has 0 radical (unpaired) electrons. The first kappa shape index (κ1) is 12.7. The van der Waals surface area contributed by atoms with Crippen LogP contribution in [0.3, 0.4) is 0 Å². The molecule has 6 rings (SSSR count). The Morgan fingerprint density at radius 3 is 2.19 bits per heavy atom. The number of amides is 2. The first-order valence-electron chi connectivity index (χ1n) is 8.31. The Bertz CT molecular complexity index is 551. The van der Waals surface area contributed by atoms with Gasteiger partial charge >= 0.3 is 0 Å². The van der Waals surface area contributed by atoms with E-state index in [1.165, 1.54) is 41.9 Å². The van der Waals surface area contributed by atoms with Crippen molar-refractivity contribution in [1.82, 2.24) is 4.90 Å². The molecule has 4 saturated carbocycles. The molecule has 112 valence electrons. The zero-order chi connectivity index (χ0) is 14.3. The number of allylic oxidation sites excluding steroid dienone is 1. The second-order valence-electron chi connectivity index (χ2n) is 7.75. The van der Waals surface area contributed by atoms with E-state index in [2.05, 4.69) is 0 Å². The molecule has 0 aromatic rings. The number of hydrogen-bond acceptors (Lipinski definition) is 3. The van der Waals surface area contributed by atoms with E-state index in [0.717, 1.165) is 29.4 Å². The van der Waals surface area contributed by atoms with E-state index >= 15 is 0 Å². The Morgan fingerprint density at radius 2 is 1.57 bits per heavy atom. The molecule has 4 aliphatic carbocycles. The zero-order valence-corrected chi connectivity index (χ0v) is 13.2. The van der Waals surface area contributed by atoms with Crippen LogP contribution in [0.25, 0.3) is 0 Å². The maximum Gasteiger partial charge on any atom is 0.237 e. The van der Waals surface area contributed by atoms with E-state index in [-0.39, 0.29) is 23.7 Å². The van der Waals surface area contributed by atoms with Crippen molar-refractivity contribution in [2.45, 2.75) is 32.1 Å². The molecule has 0 aromatic carbocycles. The highest BCUT2D eigenvalue weighted by molar-refractivity contribution is 8.03. The monoisotopic (exact) mass is 303 g/mol. The molecule has 2 aliphatic heterocycles. The maximum atomic E-state index is 12.5. The van der Waals surface area contributed by atoms with Crippen molar-refractivity contribution in [3.63, 3.8) is 0 Å². The molecule has 0 aromatic heterocycles. The molecule has 2 amide bonds. The summed E-state index contributed by atoms with van der Waals surface area (Å²) in [6.07, 6.45) is 6.85. The molecule has 21 heavy (non-hydrogen) atoms. The van der Waals surface area contributed by atoms with E-state index in [1.54, 1.807) is 12.6 Å². The third-order valence-corrected chi connectivity index (χ3v) is 7.98. The number of imide groups is 1. The molecule has 3 nitrogen and oxygen atoms in total. The van der Waals surface area contributed by atoms with Crippen LogP contribution in [0, 0.1) is 35.5 Å². The Balaban J connectivity index is 1.58. The molecule has 6 fully saturated rings. The maximum absolute atomic E-state index is 12.5. The number of likely N-dealkylation sites (tertiary alicyclic amines) is 1. The van der Waals surface area contributed by atoms with Crippen molar-refractivity contribution < 1.29 is 9.59 Å². The van der Waals surface area contributed by atoms with Gasteiger partial charge in [-0.25, -0.2) is 0 Å². The van der Waals surface area contributed by atoms with Gasteiger partial charge in [-0.3, -0.25) is 14.5 Å². The summed E-state index contributed by atoms with van der Waals surface area (Å²) >= 11 is 1.83. The molecule has 2 saturated heterocycles. The smallest absolute Gasteiger partial charge is 0.237 e. The third kappa shape index (κ3) is 1.57. The van der Waals surface area contributed by atoms with Gasteiger partial charge in [0.2, 0.25) is 11.8 Å². The van der Waals surface area contributed by atoms with Gasteiger partial charge in [-0.05, 0) is 60.7 Å². The zero-order valence-electron chi connectivity index (χ0n) is 12.4.